The summed E-state index contributed by atoms with van der Waals surface area (Å²) in [6.07, 6.45) is -42.4. The minimum Gasteiger partial charge on any atom is -0.394 e. The van der Waals surface area contributed by atoms with E-state index >= 15 is 0 Å². The molecule has 103 heavy (non-hydrogen) atoms. The van der Waals surface area contributed by atoms with Gasteiger partial charge in [-0.3, -0.25) is 0 Å². The summed E-state index contributed by atoms with van der Waals surface area (Å²) in [6.45, 7) is 4.05. The standard InChI is InChI=1S/C67H116O36/c1-5-6-7-27(2)30-8-9-31-41-32(20-40(67(30,31)4)91-14-17-94-62-56(88)50(82)59(39(26-73)100-62)103-65-53(85)47(79)44(76)36(23-70)97-65)66(3)11-10-29(89-12-15-92-60-54(86)48(80)57(37(24-71)98-60)101-63-51(83)45(77)42(74)34(21-68)95-63)18-28(66)19-33(41)90-13-16-93-61-55(87)49(81)58(38(25-72)99-61)102-64-52(84)46(78)43(75)35(22-69)96-64/h27-65,68-88H,5-26H2,1-4H3/t27-,28+,29-,30-,31+,32+,33-,34?,35?,36?,37?,38?,39?,40+,41+,42-,43-,44-,45+,46+,47+,48-,49-,50-,51?,52?,53?,54?,55?,56?,57-,58-,59-,60-,61-,62-,63-,64-,65-,66+,67-/m1/s1. The first kappa shape index (κ1) is 84.0. The molecule has 6 heterocycles. The van der Waals surface area contributed by atoms with Crippen molar-refractivity contribution in [3.63, 3.8) is 0 Å². The van der Waals surface area contributed by atoms with Gasteiger partial charge in [0, 0.05) is 5.41 Å². The second-order valence-corrected chi connectivity index (χ2v) is 30.3. The first-order valence-corrected chi connectivity index (χ1v) is 36.6. The molecule has 10 rings (SSSR count). The maximum Gasteiger partial charge on any atom is 0.187 e. The average Bonchev–Trinajstić information content (AvgIpc) is 1.65. The van der Waals surface area contributed by atoms with Crippen LogP contribution in [0.4, 0.5) is 0 Å². The van der Waals surface area contributed by atoms with Crippen molar-refractivity contribution in [1.29, 1.82) is 0 Å². The average molecular weight is 1500 g/mol. The van der Waals surface area contributed by atoms with E-state index in [0.717, 1.165) is 38.5 Å². The first-order chi connectivity index (χ1) is 49.1. The Morgan fingerprint density at radius 1 is 0.379 bits per heavy atom. The Morgan fingerprint density at radius 3 is 1.15 bits per heavy atom. The number of hydrogen-bond acceptors (Lipinski definition) is 36. The SMILES string of the molecule is CCCC[C@@H](C)[C@H]1CC[C@H]2[C@@H]3[C@H](OCCO[C@@H]4OC(CO)[C@@H](O[C@H]5OC(CO)[C@@H](O)[C@H](O)C5O)[C@H](O)C4O)C[C@@H]4C[C@H](OCCO[C@@H]5OC(CO)[C@@H](O[C@H]6OC(CO)[C@@H](O)[C@H](O)C6O)[C@H](O)C5O)CC[C@]4(C)[C@H]3C[C@H](OCCO[C@@H]3OC(CO)[C@@H](O[C@H]4OC(CO)[C@@H](O)[C@H](O)C4O)[C@H](O)C3O)[C@]12C. The molecule has 10 fully saturated rings. The lowest BCUT2D eigenvalue weighted by atomic mass is 9.43. The number of unbranched alkanes of at least 4 members (excludes halogenated alkanes) is 1. The number of aliphatic hydroxyl groups excluding tert-OH is 21. The quantitative estimate of drug-likeness (QED) is 0.0287. The van der Waals surface area contributed by atoms with E-state index in [-0.39, 0.29) is 93.0 Å². The molecule has 4 aliphatic carbocycles. The molecule has 21 N–H and O–H groups in total. The van der Waals surface area contributed by atoms with Crippen LogP contribution < -0.4 is 0 Å². The fourth-order valence-corrected chi connectivity index (χ4v) is 18.5. The van der Waals surface area contributed by atoms with Crippen molar-refractivity contribution in [2.45, 2.75) is 294 Å². The highest BCUT2D eigenvalue weighted by Gasteiger charge is 2.67. The van der Waals surface area contributed by atoms with E-state index in [1.54, 1.807) is 0 Å². The van der Waals surface area contributed by atoms with E-state index in [1.807, 2.05) is 0 Å². The van der Waals surface area contributed by atoms with Crippen molar-refractivity contribution in [2.75, 3.05) is 79.3 Å². The predicted octanol–water partition coefficient (Wildman–Crippen LogP) is -8.23. The Hall–Kier alpha value is -1.44. The van der Waals surface area contributed by atoms with Gasteiger partial charge < -0.3 is 178 Å². The normalized spacial score (nSPS) is 50.7. The summed E-state index contributed by atoms with van der Waals surface area (Å²) in [5, 5.41) is 222. The third-order valence-corrected chi connectivity index (χ3v) is 24.4. The molecule has 10 aliphatic rings. The van der Waals surface area contributed by atoms with Crippen LogP contribution in [0, 0.1) is 46.3 Å². The molecule has 0 spiro atoms. The molecule has 36 nitrogen and oxygen atoms in total. The highest BCUT2D eigenvalue weighted by molar-refractivity contribution is 5.15. The Morgan fingerprint density at radius 2 is 0.748 bits per heavy atom. The van der Waals surface area contributed by atoms with Gasteiger partial charge in [-0.1, -0.05) is 47.0 Å². The van der Waals surface area contributed by atoms with E-state index in [9.17, 15) is 107 Å². The molecule has 0 aromatic carbocycles. The molecule has 0 bridgehead atoms. The van der Waals surface area contributed by atoms with Crippen LogP contribution in [0.15, 0.2) is 0 Å². The molecule has 0 amide bonds. The first-order valence-electron chi connectivity index (χ1n) is 36.6. The summed E-state index contributed by atoms with van der Waals surface area (Å²) in [4.78, 5) is 0. The third kappa shape index (κ3) is 17.5. The zero-order valence-electron chi connectivity index (χ0n) is 58.6. The van der Waals surface area contributed by atoms with E-state index in [0.29, 0.717) is 31.6 Å². The molecule has 4 saturated carbocycles. The van der Waals surface area contributed by atoms with Crippen molar-refractivity contribution in [3.05, 3.63) is 0 Å². The maximum atomic E-state index is 11.4. The van der Waals surface area contributed by atoms with E-state index in [2.05, 4.69) is 27.7 Å². The maximum absolute atomic E-state index is 11.4. The van der Waals surface area contributed by atoms with Gasteiger partial charge in [-0.25, -0.2) is 0 Å². The van der Waals surface area contributed by atoms with Crippen LogP contribution in [0.5, 0.6) is 0 Å². The predicted molar refractivity (Wildman–Crippen MR) is 341 cm³/mol. The number of rotatable bonds is 31. The molecule has 600 valence electrons. The zero-order chi connectivity index (χ0) is 74.7. The Balaban J connectivity index is 0.826. The second kappa shape index (κ2) is 36.8. The van der Waals surface area contributed by atoms with Crippen LogP contribution in [0.3, 0.4) is 0 Å². The van der Waals surface area contributed by atoms with Crippen LogP contribution >= 0.6 is 0 Å². The van der Waals surface area contributed by atoms with Crippen LogP contribution in [0.2, 0.25) is 0 Å². The van der Waals surface area contributed by atoms with Crippen LogP contribution in [-0.4, -0.2) is 389 Å². The molecule has 36 heteroatoms. The lowest BCUT2D eigenvalue weighted by molar-refractivity contribution is -0.360. The van der Waals surface area contributed by atoms with E-state index in [1.165, 1.54) is 0 Å². The number of ether oxygens (including phenoxy) is 15. The number of hydrogen-bond donors (Lipinski definition) is 21. The van der Waals surface area contributed by atoms with Crippen LogP contribution in [0.25, 0.3) is 0 Å². The number of fused-ring (bicyclic) bond motifs is 5. The molecule has 41 atom stereocenters. The largest absolute Gasteiger partial charge is 0.394 e. The van der Waals surface area contributed by atoms with Crippen molar-refractivity contribution in [3.8, 4) is 0 Å². The fraction of sp³-hybridized carbons (Fsp3) is 1.00. The summed E-state index contributed by atoms with van der Waals surface area (Å²) < 4.78 is 90.2. The summed E-state index contributed by atoms with van der Waals surface area (Å²) in [6, 6.07) is 0. The van der Waals surface area contributed by atoms with Gasteiger partial charge in [-0.15, -0.1) is 0 Å². The zero-order valence-corrected chi connectivity index (χ0v) is 58.6. The van der Waals surface area contributed by atoms with E-state index < -0.39 is 229 Å². The van der Waals surface area contributed by atoms with Crippen molar-refractivity contribution >= 4 is 0 Å². The van der Waals surface area contributed by atoms with Gasteiger partial charge in [0.05, 0.1) is 97.6 Å². The lowest BCUT2D eigenvalue weighted by Gasteiger charge is -2.64. The highest BCUT2D eigenvalue weighted by atomic mass is 16.8. The molecule has 0 radical (unpaired) electrons. The Bertz CT molecular complexity index is 2530. The van der Waals surface area contributed by atoms with Gasteiger partial charge in [-0.05, 0) is 85.9 Å². The Labute approximate surface area is 596 Å². The van der Waals surface area contributed by atoms with Gasteiger partial charge in [-0.2, -0.15) is 0 Å². The topological polar surface area (TPSA) is 563 Å². The van der Waals surface area contributed by atoms with Gasteiger partial charge in [0.15, 0.2) is 37.7 Å². The van der Waals surface area contributed by atoms with Crippen LogP contribution in [-0.2, 0) is 71.1 Å². The summed E-state index contributed by atoms with van der Waals surface area (Å²) >= 11 is 0. The minimum atomic E-state index is -1.86. The second-order valence-electron chi connectivity index (χ2n) is 30.3. The lowest BCUT2D eigenvalue weighted by Crippen LogP contribution is -2.64. The molecule has 12 unspecified atom stereocenters. The Kier molecular flexibility index (Phi) is 30.0. The van der Waals surface area contributed by atoms with Gasteiger partial charge in [0.2, 0.25) is 0 Å². The van der Waals surface area contributed by atoms with Crippen molar-refractivity contribution in [2.24, 2.45) is 46.3 Å². The summed E-state index contributed by atoms with van der Waals surface area (Å²) in [5.74, 6) is 0.469. The molecule has 0 aromatic rings. The van der Waals surface area contributed by atoms with E-state index in [4.69, 9.17) is 71.1 Å². The highest BCUT2D eigenvalue weighted by Crippen LogP contribution is 2.69. The third-order valence-electron chi connectivity index (χ3n) is 24.4. The summed E-state index contributed by atoms with van der Waals surface area (Å²) in [5.41, 5.74) is -0.755. The van der Waals surface area contributed by atoms with Gasteiger partial charge in [0.1, 0.15) is 146 Å². The smallest absolute Gasteiger partial charge is 0.187 e. The van der Waals surface area contributed by atoms with Crippen molar-refractivity contribution in [1.82, 2.24) is 0 Å². The molecule has 0 aromatic heterocycles. The van der Waals surface area contributed by atoms with Gasteiger partial charge in [0.25, 0.3) is 0 Å². The number of aliphatic hydroxyl groups is 21. The summed E-state index contributed by atoms with van der Waals surface area (Å²) in [7, 11) is 0. The molecular formula is C67H116O36. The minimum absolute atomic E-state index is 0.00526. The molecule has 6 saturated heterocycles. The van der Waals surface area contributed by atoms with Crippen LogP contribution in [0.1, 0.15) is 91.9 Å². The molecule has 6 aliphatic heterocycles. The van der Waals surface area contributed by atoms with Gasteiger partial charge >= 0.3 is 0 Å². The van der Waals surface area contributed by atoms with Crippen molar-refractivity contribution < 1.29 is 178 Å². The molecular weight excluding hydrogens is 1380 g/mol. The monoisotopic (exact) mass is 1500 g/mol. The fourth-order valence-electron chi connectivity index (χ4n) is 18.5.